The van der Waals surface area contributed by atoms with Crippen LogP contribution in [-0.4, -0.2) is 33.4 Å². The molecule has 2 aromatic rings. The number of ether oxygens (including phenoxy) is 1. The van der Waals surface area contributed by atoms with Gasteiger partial charge in [-0.05, 0) is 36.5 Å². The van der Waals surface area contributed by atoms with E-state index in [4.69, 9.17) is 16.3 Å². The van der Waals surface area contributed by atoms with Crippen molar-refractivity contribution in [3.63, 3.8) is 0 Å². The van der Waals surface area contributed by atoms with Crippen molar-refractivity contribution in [2.45, 2.75) is 40.3 Å². The predicted molar refractivity (Wildman–Crippen MR) is 94.5 cm³/mol. The molecule has 1 aliphatic heterocycles. The number of aromatic nitrogens is 2. The van der Waals surface area contributed by atoms with E-state index in [0.29, 0.717) is 17.4 Å². The molecule has 0 bridgehead atoms. The Morgan fingerprint density at radius 1 is 1.42 bits per heavy atom. The summed E-state index contributed by atoms with van der Waals surface area (Å²) < 4.78 is 5.49. The molecule has 1 aliphatic rings. The summed E-state index contributed by atoms with van der Waals surface area (Å²) in [5.41, 5.74) is 3.65. The van der Waals surface area contributed by atoms with Crippen molar-refractivity contribution in [2.75, 3.05) is 13.2 Å². The molecular weight excluding hydrogens is 326 g/mol. The fourth-order valence-corrected chi connectivity index (χ4v) is 3.65. The number of aromatic amines is 1. The Morgan fingerprint density at radius 2 is 2.21 bits per heavy atom. The molecule has 5 nitrogen and oxygen atoms in total. The molecule has 3 rings (SSSR count). The largest absolute Gasteiger partial charge is 0.503 e. The predicted octanol–water partition coefficient (Wildman–Crippen LogP) is 3.75. The van der Waals surface area contributed by atoms with Crippen molar-refractivity contribution < 1.29 is 9.84 Å². The maximum absolute atomic E-state index is 10.0. The topological polar surface area (TPSA) is 61.4 Å². The zero-order valence-electron chi connectivity index (χ0n) is 14.4. The van der Waals surface area contributed by atoms with Gasteiger partial charge in [0.2, 0.25) is 0 Å². The van der Waals surface area contributed by atoms with Gasteiger partial charge in [0.1, 0.15) is 0 Å². The second-order valence-electron chi connectivity index (χ2n) is 7.22. The minimum absolute atomic E-state index is 0.00980. The Labute approximate surface area is 147 Å². The maximum atomic E-state index is 10.0. The summed E-state index contributed by atoms with van der Waals surface area (Å²) in [6.07, 6.45) is 2.90. The van der Waals surface area contributed by atoms with Gasteiger partial charge in [-0.3, -0.25) is 10.00 Å². The number of H-pyrrole nitrogens is 1. The summed E-state index contributed by atoms with van der Waals surface area (Å²) in [7, 11) is 0. The smallest absolute Gasteiger partial charge is 0.176 e. The van der Waals surface area contributed by atoms with Gasteiger partial charge < -0.3 is 9.84 Å². The molecule has 24 heavy (non-hydrogen) atoms. The van der Waals surface area contributed by atoms with Gasteiger partial charge in [-0.2, -0.15) is 5.10 Å². The molecule has 0 radical (unpaired) electrons. The van der Waals surface area contributed by atoms with E-state index in [2.05, 4.69) is 28.9 Å². The van der Waals surface area contributed by atoms with Crippen LogP contribution < -0.4 is 4.74 Å². The molecule has 0 fully saturated rings. The van der Waals surface area contributed by atoms with E-state index in [9.17, 15) is 5.11 Å². The normalized spacial score (nSPS) is 17.3. The molecule has 0 saturated heterocycles. The Kier molecular flexibility index (Phi) is 4.74. The van der Waals surface area contributed by atoms with Gasteiger partial charge >= 0.3 is 0 Å². The van der Waals surface area contributed by atoms with Crippen LogP contribution >= 0.6 is 11.6 Å². The highest BCUT2D eigenvalue weighted by Gasteiger charge is 2.29. The van der Waals surface area contributed by atoms with E-state index in [1.165, 1.54) is 11.3 Å². The number of hydrogen-bond donors (Lipinski definition) is 2. The summed E-state index contributed by atoms with van der Waals surface area (Å²) in [5.74, 6) is 0.452. The lowest BCUT2D eigenvalue weighted by molar-refractivity contribution is 0.173. The van der Waals surface area contributed by atoms with Crippen LogP contribution in [0.25, 0.3) is 0 Å². The van der Waals surface area contributed by atoms with Gasteiger partial charge in [-0.25, -0.2) is 0 Å². The molecule has 2 N–H and O–H groups in total. The third-order valence-electron chi connectivity index (χ3n) is 4.30. The van der Waals surface area contributed by atoms with Gasteiger partial charge in [0.05, 0.1) is 17.8 Å². The molecular formula is C18H24ClN3O2. The van der Waals surface area contributed by atoms with Crippen LogP contribution in [0, 0.1) is 5.41 Å². The number of hydrogen-bond acceptors (Lipinski definition) is 4. The average molecular weight is 350 g/mol. The fraction of sp³-hybridized carbons (Fsp3) is 0.500. The van der Waals surface area contributed by atoms with Crippen molar-refractivity contribution in [2.24, 2.45) is 5.41 Å². The molecule has 0 atom stereocenters. The summed E-state index contributed by atoms with van der Waals surface area (Å²) >= 11 is 6.16. The zero-order valence-corrected chi connectivity index (χ0v) is 15.2. The van der Waals surface area contributed by atoms with Crippen molar-refractivity contribution >= 4 is 11.6 Å². The minimum atomic E-state index is 0.00980. The third kappa shape index (κ3) is 3.68. The molecule has 0 saturated carbocycles. The lowest BCUT2D eigenvalue weighted by Crippen LogP contribution is -2.32. The fourth-order valence-electron chi connectivity index (χ4n) is 3.42. The van der Waals surface area contributed by atoms with Gasteiger partial charge in [0.15, 0.2) is 11.5 Å². The van der Waals surface area contributed by atoms with E-state index >= 15 is 0 Å². The third-order valence-corrected chi connectivity index (χ3v) is 4.59. The summed E-state index contributed by atoms with van der Waals surface area (Å²) in [5, 5.41) is 17.7. The molecule has 2 heterocycles. The van der Waals surface area contributed by atoms with Crippen LogP contribution in [0.15, 0.2) is 18.3 Å². The van der Waals surface area contributed by atoms with Crippen LogP contribution in [0.5, 0.6) is 11.5 Å². The van der Waals surface area contributed by atoms with Crippen LogP contribution in [-0.2, 0) is 19.5 Å². The highest BCUT2D eigenvalue weighted by Crippen LogP contribution is 2.36. The lowest BCUT2D eigenvalue weighted by Gasteiger charge is -2.29. The Hall–Kier alpha value is -1.72. The number of phenols is 1. The van der Waals surface area contributed by atoms with E-state index in [1.54, 1.807) is 0 Å². The molecule has 0 aliphatic carbocycles. The quantitative estimate of drug-likeness (QED) is 0.882. The van der Waals surface area contributed by atoms with E-state index in [1.807, 2.05) is 25.3 Å². The summed E-state index contributed by atoms with van der Waals surface area (Å²) in [6.45, 7) is 9.47. The van der Waals surface area contributed by atoms with E-state index in [0.717, 1.165) is 31.6 Å². The summed E-state index contributed by atoms with van der Waals surface area (Å²) in [4.78, 5) is 2.39. The second-order valence-corrected chi connectivity index (χ2v) is 7.62. The highest BCUT2D eigenvalue weighted by molar-refractivity contribution is 6.32. The van der Waals surface area contributed by atoms with Crippen molar-refractivity contribution in [3.05, 3.63) is 40.2 Å². The molecule has 1 aromatic carbocycles. The molecule has 0 spiro atoms. The highest BCUT2D eigenvalue weighted by atomic mass is 35.5. The summed E-state index contributed by atoms with van der Waals surface area (Å²) in [6, 6.07) is 3.69. The van der Waals surface area contributed by atoms with Gasteiger partial charge in [0, 0.05) is 30.9 Å². The average Bonchev–Trinajstić information content (AvgIpc) is 2.85. The monoisotopic (exact) mass is 349 g/mol. The Bertz CT molecular complexity index is 727. The number of fused-ring (bicyclic) bond motifs is 1. The van der Waals surface area contributed by atoms with E-state index in [-0.39, 0.29) is 11.2 Å². The first kappa shape index (κ1) is 17.1. The first-order chi connectivity index (χ1) is 11.4. The standard InChI is InChI=1S/C18H24ClN3O2/c1-4-24-16-6-12(5-14(19)17(16)23)9-22-10-13-8-20-21-15(13)7-18(2,3)11-22/h5-6,8,23H,4,7,9-11H2,1-3H3,(H,20,21). The number of rotatable bonds is 4. The first-order valence-corrected chi connectivity index (χ1v) is 8.63. The molecule has 0 amide bonds. The van der Waals surface area contributed by atoms with Gasteiger partial charge in [0.25, 0.3) is 0 Å². The molecule has 6 heteroatoms. The van der Waals surface area contributed by atoms with Gasteiger partial charge in [-0.15, -0.1) is 0 Å². The molecule has 130 valence electrons. The van der Waals surface area contributed by atoms with Gasteiger partial charge in [-0.1, -0.05) is 25.4 Å². The number of benzene rings is 1. The van der Waals surface area contributed by atoms with Crippen LogP contribution in [0.3, 0.4) is 0 Å². The zero-order chi connectivity index (χ0) is 17.3. The Balaban J connectivity index is 1.85. The van der Waals surface area contributed by atoms with E-state index < -0.39 is 0 Å². The molecule has 0 unspecified atom stereocenters. The number of aromatic hydroxyl groups is 1. The van der Waals surface area contributed by atoms with Crippen LogP contribution in [0.1, 0.15) is 37.6 Å². The number of halogens is 1. The first-order valence-electron chi connectivity index (χ1n) is 8.25. The Morgan fingerprint density at radius 3 is 2.96 bits per heavy atom. The number of nitrogens with zero attached hydrogens (tertiary/aromatic N) is 2. The van der Waals surface area contributed by atoms with Crippen molar-refractivity contribution in [1.29, 1.82) is 0 Å². The number of nitrogens with one attached hydrogen (secondary N) is 1. The van der Waals surface area contributed by atoms with Crippen molar-refractivity contribution in [1.82, 2.24) is 15.1 Å². The lowest BCUT2D eigenvalue weighted by atomic mass is 9.87. The maximum Gasteiger partial charge on any atom is 0.176 e. The minimum Gasteiger partial charge on any atom is -0.503 e. The molecule has 1 aromatic heterocycles. The van der Waals surface area contributed by atoms with Crippen LogP contribution in [0.2, 0.25) is 5.02 Å². The number of phenolic OH excluding ortho intramolecular Hbond substituents is 1. The van der Waals surface area contributed by atoms with Crippen LogP contribution in [0.4, 0.5) is 0 Å². The van der Waals surface area contributed by atoms with Crippen molar-refractivity contribution in [3.8, 4) is 11.5 Å². The second kappa shape index (κ2) is 6.65. The SMILES string of the molecule is CCOc1cc(CN2Cc3cn[nH]c3CC(C)(C)C2)cc(Cl)c1O.